The molecule has 1 unspecified atom stereocenters. The van der Waals surface area contributed by atoms with E-state index in [1.165, 1.54) is 0 Å². The number of rotatable bonds is 5. The maximum absolute atomic E-state index is 11.8. The average Bonchev–Trinajstić information content (AvgIpc) is 3.16. The summed E-state index contributed by atoms with van der Waals surface area (Å²) in [6, 6.07) is 12.1. The maximum atomic E-state index is 11.8. The Morgan fingerprint density at radius 2 is 2.24 bits per heavy atom. The summed E-state index contributed by atoms with van der Waals surface area (Å²) < 4.78 is 5.48. The zero-order chi connectivity index (χ0) is 14.7. The van der Waals surface area contributed by atoms with Gasteiger partial charge in [0.05, 0.1) is 12.3 Å². The molecule has 1 atom stereocenters. The van der Waals surface area contributed by atoms with Gasteiger partial charge in [-0.05, 0) is 43.2 Å². The van der Waals surface area contributed by atoms with Crippen LogP contribution in [0.4, 0.5) is 11.4 Å². The quantitative estimate of drug-likeness (QED) is 0.903. The number of hydrogen-bond acceptors (Lipinski definition) is 3. The van der Waals surface area contributed by atoms with Crippen molar-refractivity contribution in [2.45, 2.75) is 32.2 Å². The van der Waals surface area contributed by atoms with E-state index in [4.69, 9.17) is 4.42 Å². The molecule has 1 amide bonds. The zero-order valence-electron chi connectivity index (χ0n) is 12.2. The van der Waals surface area contributed by atoms with E-state index in [2.05, 4.69) is 12.2 Å². The van der Waals surface area contributed by atoms with Gasteiger partial charge in [0.25, 0.3) is 0 Å². The number of carbonyl (C=O) groups excluding carboxylic acids is 1. The molecule has 4 nitrogen and oxygen atoms in total. The molecule has 1 aliphatic heterocycles. The average molecular weight is 284 g/mol. The molecule has 1 saturated heterocycles. The van der Waals surface area contributed by atoms with Gasteiger partial charge in [0.15, 0.2) is 0 Å². The van der Waals surface area contributed by atoms with E-state index in [1.807, 2.05) is 41.3 Å². The first kappa shape index (κ1) is 13.7. The summed E-state index contributed by atoms with van der Waals surface area (Å²) in [5.41, 5.74) is 1.98. The van der Waals surface area contributed by atoms with Crippen molar-refractivity contribution in [3.63, 3.8) is 0 Å². The van der Waals surface area contributed by atoms with Crippen molar-refractivity contribution in [3.8, 4) is 0 Å². The Balaban J connectivity index is 1.78. The van der Waals surface area contributed by atoms with Crippen molar-refractivity contribution in [2.75, 3.05) is 16.8 Å². The molecule has 1 N–H and O–H groups in total. The molecule has 1 fully saturated rings. The third-order valence-electron chi connectivity index (χ3n) is 3.87. The second-order valence-corrected chi connectivity index (χ2v) is 5.32. The van der Waals surface area contributed by atoms with Gasteiger partial charge in [-0.1, -0.05) is 13.0 Å². The highest BCUT2D eigenvalue weighted by Gasteiger charge is 2.22. The van der Waals surface area contributed by atoms with Crippen molar-refractivity contribution in [3.05, 3.63) is 48.4 Å². The highest BCUT2D eigenvalue weighted by Crippen LogP contribution is 2.27. The summed E-state index contributed by atoms with van der Waals surface area (Å²) in [6.45, 7) is 2.94. The van der Waals surface area contributed by atoms with Gasteiger partial charge in [-0.15, -0.1) is 0 Å². The fraction of sp³-hybridized carbons (Fsp3) is 0.353. The summed E-state index contributed by atoms with van der Waals surface area (Å²) in [5.74, 6) is 1.14. The normalized spacial score (nSPS) is 16.2. The Labute approximate surface area is 124 Å². The molecule has 21 heavy (non-hydrogen) atoms. The molecule has 1 aromatic heterocycles. The van der Waals surface area contributed by atoms with Crippen molar-refractivity contribution < 1.29 is 9.21 Å². The van der Waals surface area contributed by atoms with Crippen LogP contribution >= 0.6 is 0 Å². The van der Waals surface area contributed by atoms with Gasteiger partial charge in [-0.3, -0.25) is 4.79 Å². The van der Waals surface area contributed by atoms with E-state index in [-0.39, 0.29) is 11.9 Å². The molecule has 4 heteroatoms. The van der Waals surface area contributed by atoms with Crippen molar-refractivity contribution in [1.82, 2.24) is 0 Å². The molecular weight excluding hydrogens is 264 g/mol. The van der Waals surface area contributed by atoms with Crippen LogP contribution in [0.2, 0.25) is 0 Å². The van der Waals surface area contributed by atoms with Gasteiger partial charge in [0, 0.05) is 24.3 Å². The Hall–Kier alpha value is -2.23. The third kappa shape index (κ3) is 2.94. The van der Waals surface area contributed by atoms with Gasteiger partial charge in [0.2, 0.25) is 5.91 Å². The molecule has 2 aromatic rings. The van der Waals surface area contributed by atoms with Crippen LogP contribution in [0.5, 0.6) is 0 Å². The SMILES string of the molecule is CCC(Nc1cccc(N2CCCC2=O)c1)c1ccco1. The maximum Gasteiger partial charge on any atom is 0.227 e. The molecule has 1 aliphatic rings. The van der Waals surface area contributed by atoms with Gasteiger partial charge in [-0.2, -0.15) is 0 Å². The van der Waals surface area contributed by atoms with Crippen molar-refractivity contribution in [1.29, 1.82) is 0 Å². The van der Waals surface area contributed by atoms with Crippen LogP contribution < -0.4 is 10.2 Å². The predicted octanol–water partition coefficient (Wildman–Crippen LogP) is 3.97. The number of hydrogen-bond donors (Lipinski definition) is 1. The van der Waals surface area contributed by atoms with Crippen LogP contribution in [0.25, 0.3) is 0 Å². The topological polar surface area (TPSA) is 45.5 Å². The number of benzene rings is 1. The number of amides is 1. The first-order chi connectivity index (χ1) is 10.3. The van der Waals surface area contributed by atoms with Crippen LogP contribution in [-0.4, -0.2) is 12.5 Å². The largest absolute Gasteiger partial charge is 0.467 e. The van der Waals surface area contributed by atoms with Crippen molar-refractivity contribution >= 4 is 17.3 Å². The third-order valence-corrected chi connectivity index (χ3v) is 3.87. The predicted molar refractivity (Wildman–Crippen MR) is 83.4 cm³/mol. The molecule has 0 bridgehead atoms. The number of nitrogens with zero attached hydrogens (tertiary/aromatic N) is 1. The summed E-state index contributed by atoms with van der Waals surface area (Å²) in [5, 5.41) is 3.48. The summed E-state index contributed by atoms with van der Waals surface area (Å²) >= 11 is 0. The number of furan rings is 1. The van der Waals surface area contributed by atoms with Gasteiger partial charge < -0.3 is 14.6 Å². The van der Waals surface area contributed by atoms with E-state index in [0.29, 0.717) is 6.42 Å². The first-order valence-electron chi connectivity index (χ1n) is 7.48. The summed E-state index contributed by atoms with van der Waals surface area (Å²) in [6.07, 6.45) is 4.22. The fourth-order valence-corrected chi connectivity index (χ4v) is 2.75. The standard InChI is InChI=1S/C17H20N2O2/c1-2-15(16-8-5-11-21-16)18-13-6-3-7-14(12-13)19-10-4-9-17(19)20/h3,5-8,11-12,15,18H,2,4,9-10H2,1H3. The smallest absolute Gasteiger partial charge is 0.227 e. The fourth-order valence-electron chi connectivity index (χ4n) is 2.75. The van der Waals surface area contributed by atoms with Crippen LogP contribution in [0.3, 0.4) is 0 Å². The minimum atomic E-state index is 0.143. The molecule has 2 heterocycles. The Kier molecular flexibility index (Phi) is 3.95. The number of nitrogens with one attached hydrogen (secondary N) is 1. The molecule has 0 radical (unpaired) electrons. The van der Waals surface area contributed by atoms with Gasteiger partial charge in [0.1, 0.15) is 5.76 Å². The Morgan fingerprint density at radius 3 is 2.90 bits per heavy atom. The van der Waals surface area contributed by atoms with E-state index in [1.54, 1.807) is 6.26 Å². The second-order valence-electron chi connectivity index (χ2n) is 5.32. The first-order valence-corrected chi connectivity index (χ1v) is 7.48. The van der Waals surface area contributed by atoms with Crippen LogP contribution in [0.1, 0.15) is 38.0 Å². The lowest BCUT2D eigenvalue weighted by Gasteiger charge is -2.19. The van der Waals surface area contributed by atoms with E-state index >= 15 is 0 Å². The number of carbonyl (C=O) groups is 1. The van der Waals surface area contributed by atoms with E-state index < -0.39 is 0 Å². The lowest BCUT2D eigenvalue weighted by Crippen LogP contribution is -2.23. The highest BCUT2D eigenvalue weighted by atomic mass is 16.3. The molecule has 0 aliphatic carbocycles. The lowest BCUT2D eigenvalue weighted by molar-refractivity contribution is -0.117. The molecular formula is C17H20N2O2. The lowest BCUT2D eigenvalue weighted by atomic mass is 10.1. The Bertz CT molecular complexity index is 607. The summed E-state index contributed by atoms with van der Waals surface area (Å²) in [7, 11) is 0. The molecule has 3 rings (SSSR count). The molecule has 0 saturated carbocycles. The minimum absolute atomic E-state index is 0.143. The van der Waals surface area contributed by atoms with Crippen molar-refractivity contribution in [2.24, 2.45) is 0 Å². The van der Waals surface area contributed by atoms with Gasteiger partial charge >= 0.3 is 0 Å². The molecule has 0 spiro atoms. The summed E-state index contributed by atoms with van der Waals surface area (Å²) in [4.78, 5) is 13.7. The van der Waals surface area contributed by atoms with Gasteiger partial charge in [-0.25, -0.2) is 0 Å². The van der Waals surface area contributed by atoms with Crippen LogP contribution in [0, 0.1) is 0 Å². The molecule has 110 valence electrons. The van der Waals surface area contributed by atoms with E-state index in [9.17, 15) is 4.79 Å². The van der Waals surface area contributed by atoms with E-state index in [0.717, 1.165) is 36.5 Å². The monoisotopic (exact) mass is 284 g/mol. The van der Waals surface area contributed by atoms with Crippen LogP contribution in [-0.2, 0) is 4.79 Å². The van der Waals surface area contributed by atoms with Crippen LogP contribution in [0.15, 0.2) is 47.1 Å². The molecule has 1 aromatic carbocycles. The highest BCUT2D eigenvalue weighted by molar-refractivity contribution is 5.95. The second kappa shape index (κ2) is 6.04. The zero-order valence-corrected chi connectivity index (χ0v) is 12.2. The number of anilines is 2. The minimum Gasteiger partial charge on any atom is -0.467 e. The Morgan fingerprint density at radius 1 is 1.33 bits per heavy atom.